The lowest BCUT2D eigenvalue weighted by Gasteiger charge is -2.12. The molecule has 2 aliphatic rings. The van der Waals surface area contributed by atoms with Crippen LogP contribution in [-0.4, -0.2) is 50.9 Å². The first kappa shape index (κ1) is 19.2. The number of anilines is 2. The molecule has 2 N–H and O–H groups in total. The van der Waals surface area contributed by atoms with E-state index < -0.39 is 30.1 Å². The average molecular weight is 406 g/mol. The summed E-state index contributed by atoms with van der Waals surface area (Å²) in [7, 11) is 0. The number of hydrogen-bond donors (Lipinski definition) is 2. The van der Waals surface area contributed by atoms with Gasteiger partial charge in [0.15, 0.2) is 17.5 Å². The van der Waals surface area contributed by atoms with E-state index in [9.17, 15) is 13.6 Å². The molecule has 1 aliphatic carbocycles. The zero-order valence-corrected chi connectivity index (χ0v) is 15.7. The number of nitrogens with one attached hydrogen (secondary N) is 2. The van der Waals surface area contributed by atoms with E-state index in [1.807, 2.05) is 0 Å². The molecule has 3 atom stereocenters. The third kappa shape index (κ3) is 4.33. The van der Waals surface area contributed by atoms with Crippen LogP contribution in [0, 0.1) is 5.82 Å². The number of halogens is 2. The van der Waals surface area contributed by atoms with E-state index in [0.29, 0.717) is 25.2 Å². The minimum atomic E-state index is -1.41. The number of rotatable bonds is 0. The van der Waals surface area contributed by atoms with Crippen LogP contribution in [0.4, 0.5) is 25.2 Å². The van der Waals surface area contributed by atoms with Crippen LogP contribution < -0.4 is 10.1 Å². The van der Waals surface area contributed by atoms with Crippen molar-refractivity contribution in [3.63, 3.8) is 0 Å². The highest BCUT2D eigenvalue weighted by Crippen LogP contribution is 2.39. The molecule has 29 heavy (non-hydrogen) atoms. The Labute approximate surface area is 164 Å². The topological polar surface area (TPSA) is 114 Å². The number of carbonyl (C=O) groups is 1. The first-order chi connectivity index (χ1) is 14.0. The molecule has 1 fully saturated rings. The molecule has 9 nitrogen and oxygen atoms in total. The lowest BCUT2D eigenvalue weighted by molar-refractivity contribution is 0.0675. The summed E-state index contributed by atoms with van der Waals surface area (Å²) in [5.74, 6) is -0.698. The van der Waals surface area contributed by atoms with E-state index in [1.165, 1.54) is 12.4 Å². The maximum absolute atomic E-state index is 14.8. The van der Waals surface area contributed by atoms with Gasteiger partial charge in [-0.1, -0.05) is 0 Å². The summed E-state index contributed by atoms with van der Waals surface area (Å²) >= 11 is 0. The summed E-state index contributed by atoms with van der Waals surface area (Å²) in [5.41, 5.74) is 0.699. The molecule has 1 saturated carbocycles. The molecule has 1 aliphatic heterocycles. The second kappa shape index (κ2) is 8.10. The molecule has 2 aromatic rings. The Morgan fingerprint density at radius 3 is 3.00 bits per heavy atom. The number of hydrogen-bond acceptors (Lipinski definition) is 7. The highest BCUT2D eigenvalue weighted by atomic mass is 19.1. The second-order valence-electron chi connectivity index (χ2n) is 7.07. The van der Waals surface area contributed by atoms with Crippen LogP contribution in [0.2, 0.25) is 0 Å². The predicted molar refractivity (Wildman–Crippen MR) is 98.8 cm³/mol. The Morgan fingerprint density at radius 2 is 2.14 bits per heavy atom. The van der Waals surface area contributed by atoms with Crippen molar-refractivity contribution in [1.29, 1.82) is 0 Å². The molecule has 11 heteroatoms. The smallest absolute Gasteiger partial charge is 0.433 e. The predicted octanol–water partition coefficient (Wildman–Crippen LogP) is 3.44. The van der Waals surface area contributed by atoms with Gasteiger partial charge in [-0.05, 0) is 32.6 Å². The fourth-order valence-electron chi connectivity index (χ4n) is 3.47. The first-order valence-electron chi connectivity index (χ1n) is 9.34. The number of amides is 1. The Balaban J connectivity index is 1.62. The van der Waals surface area contributed by atoms with Gasteiger partial charge in [0.2, 0.25) is 5.88 Å². The molecule has 4 rings (SSSR count). The average Bonchev–Trinajstić information content (AvgIpc) is 3.21. The summed E-state index contributed by atoms with van der Waals surface area (Å²) in [4.78, 5) is 24.1. The molecule has 0 radical (unpaired) electrons. The fraction of sp³-hybridized carbons (Fsp3) is 0.500. The van der Waals surface area contributed by atoms with Crippen molar-refractivity contribution in [1.82, 2.24) is 20.2 Å². The van der Waals surface area contributed by atoms with Crippen molar-refractivity contribution in [3.8, 4) is 5.88 Å². The molecular weight excluding hydrogens is 386 g/mol. The van der Waals surface area contributed by atoms with Crippen molar-refractivity contribution in [2.45, 2.75) is 50.8 Å². The lowest BCUT2D eigenvalue weighted by Crippen LogP contribution is -2.22. The zero-order valence-electron chi connectivity index (χ0n) is 15.7. The molecule has 154 valence electrons. The molecule has 6 bridgehead atoms. The van der Waals surface area contributed by atoms with Gasteiger partial charge in [-0.15, -0.1) is 0 Å². The van der Waals surface area contributed by atoms with E-state index in [2.05, 4.69) is 30.5 Å². The number of alkyl halides is 1. The van der Waals surface area contributed by atoms with E-state index in [0.717, 1.165) is 0 Å². The van der Waals surface area contributed by atoms with Crippen molar-refractivity contribution >= 4 is 23.4 Å². The van der Waals surface area contributed by atoms with Gasteiger partial charge < -0.3 is 14.8 Å². The van der Waals surface area contributed by atoms with Crippen LogP contribution in [0.3, 0.4) is 0 Å². The van der Waals surface area contributed by atoms with Crippen molar-refractivity contribution in [2.75, 3.05) is 11.9 Å². The van der Waals surface area contributed by atoms with E-state index in [-0.39, 0.29) is 36.1 Å². The summed E-state index contributed by atoms with van der Waals surface area (Å²) in [5, 5.41) is 9.28. The number of carbonyl (C=O) groups excluding carboxylic acids is 1. The third-order valence-electron chi connectivity index (χ3n) is 4.90. The first-order valence-corrected chi connectivity index (χ1v) is 9.34. The van der Waals surface area contributed by atoms with Gasteiger partial charge in [0.25, 0.3) is 0 Å². The number of nitrogens with zero attached hydrogens (tertiary/aromatic N) is 4. The Bertz CT molecular complexity index is 934. The second-order valence-corrected chi connectivity index (χ2v) is 7.07. The summed E-state index contributed by atoms with van der Waals surface area (Å²) in [6, 6.07) is 0. The van der Waals surface area contributed by atoms with Gasteiger partial charge in [-0.2, -0.15) is 15.1 Å². The van der Waals surface area contributed by atoms with Crippen LogP contribution in [0.1, 0.15) is 44.2 Å². The van der Waals surface area contributed by atoms with Crippen molar-refractivity contribution in [2.24, 2.45) is 4.99 Å². The molecule has 1 amide bonds. The zero-order chi connectivity index (χ0) is 20.4. The van der Waals surface area contributed by atoms with Gasteiger partial charge in [0, 0.05) is 11.6 Å². The normalized spacial score (nSPS) is 26.9. The van der Waals surface area contributed by atoms with Gasteiger partial charge in [0.1, 0.15) is 12.3 Å². The molecule has 0 spiro atoms. The van der Waals surface area contributed by atoms with Crippen LogP contribution in [-0.2, 0) is 4.74 Å². The quantitative estimate of drug-likeness (QED) is 0.689. The minimum absolute atomic E-state index is 0.0162. The standard InChI is InChI=1S/C18H20F2N6O3/c1-9-3-2-4-28-14-8-21-7-13(23-14)24-17-15(20)16(25-26-17)10-5-11(19)12(6-10)29-18(27)22-9/h7-8,10-12H,2-6H2,1H3,(H2,23,24,25,26)/b22-9+. The highest BCUT2D eigenvalue weighted by molar-refractivity contribution is 5.91. The van der Waals surface area contributed by atoms with Crippen LogP contribution in [0.25, 0.3) is 0 Å². The highest BCUT2D eigenvalue weighted by Gasteiger charge is 2.40. The fourth-order valence-corrected chi connectivity index (χ4v) is 3.47. The molecule has 0 saturated heterocycles. The monoisotopic (exact) mass is 406 g/mol. The number of aromatic nitrogens is 4. The Kier molecular flexibility index (Phi) is 5.36. The lowest BCUT2D eigenvalue weighted by atomic mass is 10.0. The SMILES string of the molecule is C/C1=N\C(=O)OC2CC(CC2F)c2[nH]nc(c2F)Nc2cncc(n2)OCCC1. The van der Waals surface area contributed by atoms with Gasteiger partial charge in [0.05, 0.1) is 24.7 Å². The number of H-pyrrole nitrogens is 1. The number of fused-ring (bicyclic) bond motifs is 7. The van der Waals surface area contributed by atoms with Crippen molar-refractivity contribution in [3.05, 3.63) is 23.9 Å². The maximum atomic E-state index is 14.8. The van der Waals surface area contributed by atoms with Gasteiger partial charge in [-0.25, -0.2) is 13.6 Å². The number of aromatic amines is 1. The molecule has 0 aromatic carbocycles. The number of ether oxygens (including phenoxy) is 2. The van der Waals surface area contributed by atoms with Crippen molar-refractivity contribution < 1.29 is 23.0 Å². The third-order valence-corrected chi connectivity index (χ3v) is 4.90. The Morgan fingerprint density at radius 1 is 1.28 bits per heavy atom. The van der Waals surface area contributed by atoms with Gasteiger partial charge >= 0.3 is 6.09 Å². The molecular formula is C18H20F2N6O3. The van der Waals surface area contributed by atoms with Crippen LogP contribution in [0.5, 0.6) is 5.88 Å². The van der Waals surface area contributed by atoms with E-state index in [1.54, 1.807) is 6.92 Å². The number of aliphatic imine (C=N–C) groups is 1. The van der Waals surface area contributed by atoms with E-state index in [4.69, 9.17) is 9.47 Å². The largest absolute Gasteiger partial charge is 0.477 e. The molecule has 2 aromatic heterocycles. The summed E-state index contributed by atoms with van der Waals surface area (Å²) < 4.78 is 39.9. The molecule has 3 unspecified atom stereocenters. The molecule has 3 heterocycles. The van der Waals surface area contributed by atoms with E-state index >= 15 is 0 Å². The maximum Gasteiger partial charge on any atom is 0.433 e. The Hall–Kier alpha value is -3.11. The van der Waals surface area contributed by atoms with Gasteiger partial charge in [-0.3, -0.25) is 10.1 Å². The van der Waals surface area contributed by atoms with Crippen LogP contribution in [0.15, 0.2) is 17.4 Å². The summed E-state index contributed by atoms with van der Waals surface area (Å²) in [6.45, 7) is 2.01. The minimum Gasteiger partial charge on any atom is -0.477 e. The summed E-state index contributed by atoms with van der Waals surface area (Å²) in [6.07, 6.45) is 0.869. The van der Waals surface area contributed by atoms with Crippen LogP contribution >= 0.6 is 0 Å².